The first-order valence-corrected chi connectivity index (χ1v) is 9.24. The number of amidine groups is 1. The Morgan fingerprint density at radius 1 is 0.862 bits per heavy atom. The molecule has 1 amide bonds. The summed E-state index contributed by atoms with van der Waals surface area (Å²) in [4.78, 5) is 17.0. The number of rotatable bonds is 9. The minimum absolute atomic E-state index is 0.143. The van der Waals surface area contributed by atoms with Crippen LogP contribution in [-0.4, -0.2) is 18.3 Å². The van der Waals surface area contributed by atoms with E-state index in [-0.39, 0.29) is 18.3 Å². The van der Waals surface area contributed by atoms with Gasteiger partial charge in [0, 0.05) is 6.54 Å². The molecule has 0 fully saturated rings. The summed E-state index contributed by atoms with van der Waals surface area (Å²) in [6.07, 6.45) is 0. The molecule has 0 aliphatic carbocycles. The molecule has 6 nitrogen and oxygen atoms in total. The van der Waals surface area contributed by atoms with Gasteiger partial charge in [0.1, 0.15) is 12.4 Å². The molecule has 0 bridgehead atoms. The van der Waals surface area contributed by atoms with Crippen molar-refractivity contribution in [3.63, 3.8) is 0 Å². The number of nitrogens with zero attached hydrogens (tertiary/aromatic N) is 1. The number of oxime groups is 1. The number of nitrogens with one attached hydrogen (secondary N) is 1. The van der Waals surface area contributed by atoms with Crippen LogP contribution in [0.25, 0.3) is 0 Å². The zero-order chi connectivity index (χ0) is 20.3. The lowest BCUT2D eigenvalue weighted by Gasteiger charge is -2.11. The van der Waals surface area contributed by atoms with Crippen molar-refractivity contribution in [2.45, 2.75) is 13.2 Å². The summed E-state index contributed by atoms with van der Waals surface area (Å²) in [5.41, 5.74) is 8.69. The Bertz CT molecular complexity index is 944. The first kappa shape index (κ1) is 19.9. The highest BCUT2D eigenvalue weighted by molar-refractivity contribution is 5.99. The van der Waals surface area contributed by atoms with E-state index in [0.29, 0.717) is 24.5 Å². The Morgan fingerprint density at radius 3 is 2.21 bits per heavy atom. The molecule has 0 spiro atoms. The molecule has 0 heterocycles. The highest BCUT2D eigenvalue weighted by Crippen LogP contribution is 2.19. The van der Waals surface area contributed by atoms with Gasteiger partial charge < -0.3 is 20.6 Å². The molecule has 29 heavy (non-hydrogen) atoms. The number of carbonyl (C=O) groups excluding carboxylic acids is 1. The van der Waals surface area contributed by atoms with Gasteiger partial charge in [-0.2, -0.15) is 0 Å². The molecule has 3 N–H and O–H groups in total. The molecule has 0 aromatic heterocycles. The molecule has 0 radical (unpaired) electrons. The zero-order valence-corrected chi connectivity index (χ0v) is 16.0. The molecule has 6 heteroatoms. The van der Waals surface area contributed by atoms with Crippen molar-refractivity contribution in [1.29, 1.82) is 0 Å². The quantitative estimate of drug-likeness (QED) is 0.334. The summed E-state index contributed by atoms with van der Waals surface area (Å²) in [7, 11) is 0. The van der Waals surface area contributed by atoms with E-state index in [1.54, 1.807) is 6.07 Å². The Morgan fingerprint density at radius 2 is 1.48 bits per heavy atom. The Labute approximate surface area is 169 Å². The van der Waals surface area contributed by atoms with Crippen LogP contribution in [0.2, 0.25) is 0 Å². The van der Waals surface area contributed by atoms with Crippen molar-refractivity contribution in [3.05, 3.63) is 102 Å². The Hall–Kier alpha value is -3.80. The maximum atomic E-state index is 11.9. The second kappa shape index (κ2) is 10.5. The highest BCUT2D eigenvalue weighted by atomic mass is 16.6. The molecule has 148 valence electrons. The van der Waals surface area contributed by atoms with E-state index in [1.807, 2.05) is 78.9 Å². The third-order valence-corrected chi connectivity index (χ3v) is 4.09. The first-order valence-electron chi connectivity index (χ1n) is 9.24. The van der Waals surface area contributed by atoms with E-state index in [9.17, 15) is 4.79 Å². The van der Waals surface area contributed by atoms with Gasteiger partial charge in [-0.3, -0.25) is 4.79 Å². The fraction of sp³-hybridized carbons (Fsp3) is 0.130. The van der Waals surface area contributed by atoms with E-state index in [2.05, 4.69) is 10.5 Å². The van der Waals surface area contributed by atoms with Crippen LogP contribution in [0.1, 0.15) is 16.7 Å². The molecule has 0 unspecified atom stereocenters. The fourth-order valence-electron chi connectivity index (χ4n) is 2.60. The highest BCUT2D eigenvalue weighted by Gasteiger charge is 2.09. The summed E-state index contributed by atoms with van der Waals surface area (Å²) in [6.45, 7) is 0.618. The average Bonchev–Trinajstić information content (AvgIpc) is 2.78. The summed E-state index contributed by atoms with van der Waals surface area (Å²) in [6, 6.07) is 26.7. The van der Waals surface area contributed by atoms with Crippen molar-refractivity contribution >= 4 is 11.7 Å². The van der Waals surface area contributed by atoms with Crippen LogP contribution < -0.4 is 15.8 Å². The Kier molecular flexibility index (Phi) is 7.23. The summed E-state index contributed by atoms with van der Waals surface area (Å²) in [5.74, 6) is 0.457. The normalized spacial score (nSPS) is 11.0. The van der Waals surface area contributed by atoms with Gasteiger partial charge in [-0.1, -0.05) is 78.0 Å². The molecule has 0 saturated heterocycles. The monoisotopic (exact) mass is 389 g/mol. The van der Waals surface area contributed by atoms with Crippen molar-refractivity contribution in [2.24, 2.45) is 10.9 Å². The van der Waals surface area contributed by atoms with Gasteiger partial charge in [0.05, 0.1) is 5.56 Å². The molecule has 0 atom stereocenters. The topological polar surface area (TPSA) is 85.9 Å². The number of hydrogen-bond acceptors (Lipinski definition) is 4. The standard InChI is InChI=1S/C23H23N3O3/c24-23(26-29-17-22(27)25-15-18-9-3-1-4-10-18)20-13-7-8-14-21(20)28-16-19-11-5-2-6-12-19/h1-14H,15-17H2,(H2,24,26)(H,25,27). The maximum absolute atomic E-state index is 11.9. The van der Waals surface area contributed by atoms with Crippen LogP contribution in [0.4, 0.5) is 0 Å². The fourth-order valence-corrected chi connectivity index (χ4v) is 2.60. The number of para-hydroxylation sites is 1. The third-order valence-electron chi connectivity index (χ3n) is 4.09. The zero-order valence-electron chi connectivity index (χ0n) is 16.0. The van der Waals surface area contributed by atoms with Gasteiger partial charge in [0.15, 0.2) is 12.4 Å². The van der Waals surface area contributed by atoms with Gasteiger partial charge in [-0.05, 0) is 23.3 Å². The lowest BCUT2D eigenvalue weighted by Crippen LogP contribution is -2.27. The second-order valence-corrected chi connectivity index (χ2v) is 6.28. The minimum atomic E-state index is -0.279. The van der Waals surface area contributed by atoms with E-state index in [4.69, 9.17) is 15.3 Å². The van der Waals surface area contributed by atoms with Gasteiger partial charge in [0.25, 0.3) is 5.91 Å². The molecule has 0 aliphatic heterocycles. The molecule has 3 aromatic rings. The largest absolute Gasteiger partial charge is 0.488 e. The van der Waals surface area contributed by atoms with Crippen LogP contribution in [0.5, 0.6) is 5.75 Å². The van der Waals surface area contributed by atoms with E-state index in [1.165, 1.54) is 0 Å². The van der Waals surface area contributed by atoms with Crippen LogP contribution in [0.15, 0.2) is 90.1 Å². The second-order valence-electron chi connectivity index (χ2n) is 6.28. The smallest absolute Gasteiger partial charge is 0.261 e. The molecule has 3 aromatic carbocycles. The van der Waals surface area contributed by atoms with Crippen molar-refractivity contribution in [3.8, 4) is 5.75 Å². The van der Waals surface area contributed by atoms with Crippen LogP contribution >= 0.6 is 0 Å². The van der Waals surface area contributed by atoms with Crippen molar-refractivity contribution < 1.29 is 14.4 Å². The van der Waals surface area contributed by atoms with Crippen LogP contribution in [0, 0.1) is 0 Å². The lowest BCUT2D eigenvalue weighted by atomic mass is 10.2. The number of benzene rings is 3. The van der Waals surface area contributed by atoms with Gasteiger partial charge in [-0.25, -0.2) is 0 Å². The van der Waals surface area contributed by atoms with Crippen molar-refractivity contribution in [1.82, 2.24) is 5.32 Å². The molecule has 0 saturated carbocycles. The maximum Gasteiger partial charge on any atom is 0.261 e. The van der Waals surface area contributed by atoms with Gasteiger partial charge >= 0.3 is 0 Å². The van der Waals surface area contributed by atoms with Crippen LogP contribution in [-0.2, 0) is 22.8 Å². The van der Waals surface area contributed by atoms with E-state index in [0.717, 1.165) is 11.1 Å². The number of amides is 1. The SMILES string of the molecule is N/C(=N\OCC(=O)NCc1ccccc1)c1ccccc1OCc1ccccc1. The predicted octanol–water partition coefficient (Wildman–Crippen LogP) is 3.22. The molecular weight excluding hydrogens is 366 g/mol. The predicted molar refractivity (Wildman–Crippen MR) is 112 cm³/mol. The van der Waals surface area contributed by atoms with Crippen LogP contribution in [0.3, 0.4) is 0 Å². The third kappa shape index (κ3) is 6.39. The lowest BCUT2D eigenvalue weighted by molar-refractivity contribution is -0.125. The van der Waals surface area contributed by atoms with Crippen molar-refractivity contribution in [2.75, 3.05) is 6.61 Å². The number of carbonyl (C=O) groups is 1. The minimum Gasteiger partial charge on any atom is -0.488 e. The van der Waals surface area contributed by atoms with E-state index >= 15 is 0 Å². The molecular formula is C23H23N3O3. The number of ether oxygens (including phenoxy) is 1. The Balaban J connectivity index is 1.52. The number of nitrogens with two attached hydrogens (primary N) is 1. The first-order chi connectivity index (χ1) is 14.2. The summed E-state index contributed by atoms with van der Waals surface area (Å²) < 4.78 is 5.86. The molecule has 3 rings (SSSR count). The average molecular weight is 389 g/mol. The van der Waals surface area contributed by atoms with E-state index < -0.39 is 0 Å². The summed E-state index contributed by atoms with van der Waals surface area (Å²) >= 11 is 0. The number of hydrogen-bond donors (Lipinski definition) is 2. The van der Waals surface area contributed by atoms with Gasteiger partial charge in [0.2, 0.25) is 0 Å². The van der Waals surface area contributed by atoms with Gasteiger partial charge in [-0.15, -0.1) is 0 Å². The molecule has 0 aliphatic rings. The summed E-state index contributed by atoms with van der Waals surface area (Å²) in [5, 5.41) is 6.62.